The summed E-state index contributed by atoms with van der Waals surface area (Å²) >= 11 is 0. The number of phenols is 1. The van der Waals surface area contributed by atoms with E-state index in [2.05, 4.69) is 5.32 Å². The first-order chi connectivity index (χ1) is 10.3. The molecule has 2 aromatic rings. The summed E-state index contributed by atoms with van der Waals surface area (Å²) in [6.07, 6.45) is 0.143. The van der Waals surface area contributed by atoms with Gasteiger partial charge in [-0.2, -0.15) is 0 Å². The lowest BCUT2D eigenvalue weighted by Crippen LogP contribution is -2.27. The van der Waals surface area contributed by atoms with Gasteiger partial charge in [-0.1, -0.05) is 36.4 Å². The van der Waals surface area contributed by atoms with E-state index in [0.29, 0.717) is 5.69 Å². The number of carbonyl (C=O) groups excluding carboxylic acids is 1. The van der Waals surface area contributed by atoms with Crippen LogP contribution < -0.4 is 5.32 Å². The van der Waals surface area contributed by atoms with Crippen molar-refractivity contribution in [3.05, 3.63) is 59.7 Å². The van der Waals surface area contributed by atoms with Crippen molar-refractivity contribution in [3.8, 4) is 5.75 Å². The van der Waals surface area contributed by atoms with E-state index in [4.69, 9.17) is 4.74 Å². The van der Waals surface area contributed by atoms with Crippen LogP contribution in [0.15, 0.2) is 48.5 Å². The van der Waals surface area contributed by atoms with Gasteiger partial charge in [0.1, 0.15) is 11.4 Å². The molecule has 0 aliphatic carbocycles. The number of hydrogen-bond acceptors (Lipinski definition) is 3. The Hall–Kier alpha value is -2.49. The molecule has 0 fully saturated rings. The highest BCUT2D eigenvalue weighted by molar-refractivity contribution is 5.87. The van der Waals surface area contributed by atoms with Crippen LogP contribution in [-0.2, 0) is 11.2 Å². The third kappa shape index (κ3) is 4.81. The molecule has 0 spiro atoms. The molecule has 0 aromatic heterocycles. The van der Waals surface area contributed by atoms with Crippen LogP contribution in [0.2, 0.25) is 0 Å². The van der Waals surface area contributed by atoms with Crippen molar-refractivity contribution in [1.82, 2.24) is 0 Å². The fraction of sp³-hybridized carbons (Fsp3) is 0.278. The summed E-state index contributed by atoms with van der Waals surface area (Å²) in [4.78, 5) is 11.8. The number of ether oxygens (including phenoxy) is 1. The van der Waals surface area contributed by atoms with Gasteiger partial charge in [0.25, 0.3) is 0 Å². The van der Waals surface area contributed by atoms with E-state index in [0.717, 1.165) is 17.5 Å². The molecule has 0 atom stereocenters. The summed E-state index contributed by atoms with van der Waals surface area (Å²) in [5, 5.41) is 12.5. The standard InChI is InChI=1S/C18H21NO3/c1-18(2,3)22-17(21)19-15-12-14(9-10-16(15)20)11-13-7-5-4-6-8-13/h4-10,12,20H,11H2,1-3H3,(H,19,21). The molecule has 0 heterocycles. The van der Waals surface area contributed by atoms with Gasteiger partial charge in [-0.05, 0) is 50.5 Å². The highest BCUT2D eigenvalue weighted by Crippen LogP contribution is 2.26. The monoisotopic (exact) mass is 299 g/mol. The van der Waals surface area contributed by atoms with Crippen LogP contribution in [-0.4, -0.2) is 16.8 Å². The molecule has 1 amide bonds. The minimum absolute atomic E-state index is 0.0164. The minimum Gasteiger partial charge on any atom is -0.506 e. The van der Waals surface area contributed by atoms with Crippen LogP contribution in [0, 0.1) is 0 Å². The van der Waals surface area contributed by atoms with Crippen LogP contribution in [0.25, 0.3) is 0 Å². The maximum Gasteiger partial charge on any atom is 0.412 e. The molecule has 4 nitrogen and oxygen atoms in total. The third-order valence-electron chi connectivity index (χ3n) is 2.95. The third-order valence-corrected chi connectivity index (χ3v) is 2.95. The van der Waals surface area contributed by atoms with E-state index in [-0.39, 0.29) is 5.75 Å². The second-order valence-electron chi connectivity index (χ2n) is 6.14. The molecule has 0 unspecified atom stereocenters. The molecule has 0 aliphatic rings. The first-order valence-corrected chi connectivity index (χ1v) is 7.19. The molecule has 0 bridgehead atoms. The van der Waals surface area contributed by atoms with Crippen LogP contribution >= 0.6 is 0 Å². The van der Waals surface area contributed by atoms with Gasteiger partial charge in [0.05, 0.1) is 5.69 Å². The Bertz CT molecular complexity index is 645. The van der Waals surface area contributed by atoms with E-state index < -0.39 is 11.7 Å². The molecule has 116 valence electrons. The average Bonchev–Trinajstić information content (AvgIpc) is 2.41. The molecule has 0 saturated carbocycles. The Morgan fingerprint density at radius 1 is 1.09 bits per heavy atom. The summed E-state index contributed by atoms with van der Waals surface area (Å²) in [7, 11) is 0. The Labute approximate surface area is 130 Å². The van der Waals surface area contributed by atoms with Gasteiger partial charge in [0.15, 0.2) is 0 Å². The zero-order valence-corrected chi connectivity index (χ0v) is 13.1. The van der Waals surface area contributed by atoms with Crippen molar-refractivity contribution in [1.29, 1.82) is 0 Å². The quantitative estimate of drug-likeness (QED) is 0.829. The lowest BCUT2D eigenvalue weighted by atomic mass is 10.0. The zero-order chi connectivity index (χ0) is 16.2. The maximum atomic E-state index is 11.8. The molecule has 4 heteroatoms. The smallest absolute Gasteiger partial charge is 0.412 e. The fourth-order valence-corrected chi connectivity index (χ4v) is 2.04. The number of phenolic OH excluding ortho intramolecular Hbond substituents is 1. The molecule has 2 N–H and O–H groups in total. The van der Waals surface area contributed by atoms with Crippen molar-refractivity contribution in [2.45, 2.75) is 32.8 Å². The first-order valence-electron chi connectivity index (χ1n) is 7.19. The Kier molecular flexibility index (Phi) is 4.71. The van der Waals surface area contributed by atoms with Crippen molar-refractivity contribution >= 4 is 11.8 Å². The number of carbonyl (C=O) groups is 1. The minimum atomic E-state index is -0.584. The van der Waals surface area contributed by atoms with Gasteiger partial charge in [-0.3, -0.25) is 5.32 Å². The zero-order valence-electron chi connectivity index (χ0n) is 13.1. The predicted octanol–water partition coefficient (Wildman–Crippen LogP) is 4.33. The number of amides is 1. The number of aromatic hydroxyl groups is 1. The van der Waals surface area contributed by atoms with E-state index in [1.54, 1.807) is 32.9 Å². The van der Waals surface area contributed by atoms with E-state index >= 15 is 0 Å². The van der Waals surface area contributed by atoms with E-state index in [1.165, 1.54) is 0 Å². The van der Waals surface area contributed by atoms with Gasteiger partial charge in [0.2, 0.25) is 0 Å². The highest BCUT2D eigenvalue weighted by Gasteiger charge is 2.17. The number of rotatable bonds is 3. The lowest BCUT2D eigenvalue weighted by molar-refractivity contribution is 0.0635. The molecule has 0 radical (unpaired) electrons. The summed E-state index contributed by atoms with van der Waals surface area (Å²) in [6, 6.07) is 15.2. The van der Waals surface area contributed by atoms with Crippen LogP contribution in [0.1, 0.15) is 31.9 Å². The summed E-state index contributed by atoms with van der Waals surface area (Å²) in [5.74, 6) is 0.0164. The average molecular weight is 299 g/mol. The molecule has 22 heavy (non-hydrogen) atoms. The van der Waals surface area contributed by atoms with Gasteiger partial charge < -0.3 is 9.84 Å². The van der Waals surface area contributed by atoms with Crippen LogP contribution in [0.4, 0.5) is 10.5 Å². The first kappa shape index (κ1) is 15.9. The molecular formula is C18H21NO3. The van der Waals surface area contributed by atoms with E-state index in [1.807, 2.05) is 36.4 Å². The predicted molar refractivity (Wildman–Crippen MR) is 87.2 cm³/mol. The lowest BCUT2D eigenvalue weighted by Gasteiger charge is -2.20. The number of anilines is 1. The Morgan fingerprint density at radius 3 is 2.41 bits per heavy atom. The highest BCUT2D eigenvalue weighted by atomic mass is 16.6. The molecule has 2 rings (SSSR count). The summed E-state index contributed by atoms with van der Waals surface area (Å²) < 4.78 is 5.19. The molecule has 0 saturated heterocycles. The second-order valence-corrected chi connectivity index (χ2v) is 6.14. The van der Waals surface area contributed by atoms with Crippen molar-refractivity contribution < 1.29 is 14.6 Å². The topological polar surface area (TPSA) is 58.6 Å². The van der Waals surface area contributed by atoms with Gasteiger partial charge in [0, 0.05) is 0 Å². The largest absolute Gasteiger partial charge is 0.506 e. The van der Waals surface area contributed by atoms with Gasteiger partial charge in [-0.25, -0.2) is 4.79 Å². The number of hydrogen-bond donors (Lipinski definition) is 2. The van der Waals surface area contributed by atoms with Crippen molar-refractivity contribution in [3.63, 3.8) is 0 Å². The van der Waals surface area contributed by atoms with Gasteiger partial charge in [-0.15, -0.1) is 0 Å². The van der Waals surface area contributed by atoms with E-state index in [9.17, 15) is 9.90 Å². The normalized spacial score (nSPS) is 11.0. The molecule has 2 aromatic carbocycles. The van der Waals surface area contributed by atoms with Crippen molar-refractivity contribution in [2.24, 2.45) is 0 Å². The summed E-state index contributed by atoms with van der Waals surface area (Å²) in [5.41, 5.74) is 1.93. The maximum absolute atomic E-state index is 11.8. The van der Waals surface area contributed by atoms with Crippen LogP contribution in [0.5, 0.6) is 5.75 Å². The Balaban J connectivity index is 2.12. The second kappa shape index (κ2) is 6.52. The van der Waals surface area contributed by atoms with Crippen LogP contribution in [0.3, 0.4) is 0 Å². The Morgan fingerprint density at radius 2 is 1.77 bits per heavy atom. The SMILES string of the molecule is CC(C)(C)OC(=O)Nc1cc(Cc2ccccc2)ccc1O. The fourth-order valence-electron chi connectivity index (χ4n) is 2.04. The molecular weight excluding hydrogens is 278 g/mol. The van der Waals surface area contributed by atoms with Crippen molar-refractivity contribution in [2.75, 3.05) is 5.32 Å². The molecule has 0 aliphatic heterocycles. The number of nitrogens with one attached hydrogen (secondary N) is 1. The van der Waals surface area contributed by atoms with Gasteiger partial charge >= 0.3 is 6.09 Å². The number of benzene rings is 2. The summed E-state index contributed by atoms with van der Waals surface area (Å²) in [6.45, 7) is 5.37.